The highest BCUT2D eigenvalue weighted by molar-refractivity contribution is 5.90. The van der Waals surface area contributed by atoms with Gasteiger partial charge in [-0.25, -0.2) is 4.79 Å². The molecule has 74 valence electrons. The van der Waals surface area contributed by atoms with Crippen molar-refractivity contribution >= 4 is 5.97 Å². The molecule has 0 saturated heterocycles. The van der Waals surface area contributed by atoms with Gasteiger partial charge in [0.1, 0.15) is 0 Å². The molecule has 1 aliphatic carbocycles. The summed E-state index contributed by atoms with van der Waals surface area (Å²) < 4.78 is 4.76. The molecule has 1 aliphatic rings. The van der Waals surface area contributed by atoms with Gasteiger partial charge >= 0.3 is 5.97 Å². The third kappa shape index (κ3) is 1.93. The Kier molecular flexibility index (Phi) is 2.27. The van der Waals surface area contributed by atoms with Crippen LogP contribution in [0.15, 0.2) is 11.6 Å². The van der Waals surface area contributed by atoms with Gasteiger partial charge < -0.3 is 4.74 Å². The lowest BCUT2D eigenvalue weighted by Gasteiger charge is -2.24. The third-order valence-corrected chi connectivity index (χ3v) is 2.57. The van der Waals surface area contributed by atoms with Gasteiger partial charge in [-0.05, 0) is 17.3 Å². The second kappa shape index (κ2) is 2.86. The van der Waals surface area contributed by atoms with E-state index in [0.717, 1.165) is 12.0 Å². The van der Waals surface area contributed by atoms with Gasteiger partial charge in [0.15, 0.2) is 0 Å². The molecular weight excluding hydrogens is 164 g/mol. The number of esters is 1. The maximum atomic E-state index is 11.4. The molecule has 0 bridgehead atoms. The summed E-state index contributed by atoms with van der Waals surface area (Å²) in [4.78, 5) is 11.4. The zero-order valence-corrected chi connectivity index (χ0v) is 9.10. The summed E-state index contributed by atoms with van der Waals surface area (Å²) in [5, 5.41) is 0. The summed E-state index contributed by atoms with van der Waals surface area (Å²) in [6.45, 7) is 8.46. The van der Waals surface area contributed by atoms with Gasteiger partial charge in [0.25, 0.3) is 0 Å². The summed E-state index contributed by atoms with van der Waals surface area (Å²) in [7, 11) is 1.44. The molecule has 0 radical (unpaired) electrons. The van der Waals surface area contributed by atoms with E-state index in [1.54, 1.807) is 0 Å². The number of ether oxygens (including phenoxy) is 1. The SMILES string of the molecule is COC(=O)C1=CC(C)(C)CC1(C)C. The summed E-state index contributed by atoms with van der Waals surface area (Å²) in [5.74, 6) is -0.185. The average Bonchev–Trinajstić information content (AvgIpc) is 2.17. The number of rotatable bonds is 1. The summed E-state index contributed by atoms with van der Waals surface area (Å²) in [5.41, 5.74) is 0.892. The zero-order valence-electron chi connectivity index (χ0n) is 9.10. The molecule has 2 nitrogen and oxygen atoms in total. The first-order chi connectivity index (χ1) is 5.78. The van der Waals surface area contributed by atoms with Crippen LogP contribution in [-0.4, -0.2) is 13.1 Å². The fourth-order valence-corrected chi connectivity index (χ4v) is 2.32. The molecule has 0 aliphatic heterocycles. The van der Waals surface area contributed by atoms with E-state index in [0.29, 0.717) is 0 Å². The molecule has 0 atom stereocenters. The van der Waals surface area contributed by atoms with E-state index in [2.05, 4.69) is 27.7 Å². The van der Waals surface area contributed by atoms with Crippen LogP contribution in [0.1, 0.15) is 34.1 Å². The van der Waals surface area contributed by atoms with E-state index < -0.39 is 0 Å². The summed E-state index contributed by atoms with van der Waals surface area (Å²) in [6.07, 6.45) is 3.04. The van der Waals surface area contributed by atoms with Gasteiger partial charge in [-0.2, -0.15) is 0 Å². The molecule has 1 rings (SSSR count). The van der Waals surface area contributed by atoms with Crippen LogP contribution < -0.4 is 0 Å². The van der Waals surface area contributed by atoms with Crippen molar-refractivity contribution in [3.8, 4) is 0 Å². The minimum Gasteiger partial charge on any atom is -0.466 e. The van der Waals surface area contributed by atoms with Gasteiger partial charge in [0.2, 0.25) is 0 Å². The highest BCUT2D eigenvalue weighted by atomic mass is 16.5. The Hall–Kier alpha value is -0.790. The molecule has 0 N–H and O–H groups in total. The van der Waals surface area contributed by atoms with Crippen molar-refractivity contribution in [1.82, 2.24) is 0 Å². The van der Waals surface area contributed by atoms with Gasteiger partial charge in [-0.15, -0.1) is 0 Å². The van der Waals surface area contributed by atoms with E-state index in [9.17, 15) is 4.79 Å². The average molecular weight is 182 g/mol. The van der Waals surface area contributed by atoms with E-state index in [4.69, 9.17) is 4.74 Å². The van der Waals surface area contributed by atoms with Crippen LogP contribution >= 0.6 is 0 Å². The largest absolute Gasteiger partial charge is 0.466 e. The van der Waals surface area contributed by atoms with Crippen molar-refractivity contribution in [2.75, 3.05) is 7.11 Å². The van der Waals surface area contributed by atoms with Crippen molar-refractivity contribution in [3.63, 3.8) is 0 Å². The first kappa shape index (κ1) is 10.3. The van der Waals surface area contributed by atoms with Gasteiger partial charge in [-0.3, -0.25) is 0 Å². The summed E-state index contributed by atoms with van der Waals surface area (Å²) in [6, 6.07) is 0. The molecule has 0 saturated carbocycles. The van der Waals surface area contributed by atoms with Gasteiger partial charge in [0, 0.05) is 5.57 Å². The third-order valence-electron chi connectivity index (χ3n) is 2.57. The molecule has 0 spiro atoms. The predicted molar refractivity (Wildman–Crippen MR) is 52.3 cm³/mol. The quantitative estimate of drug-likeness (QED) is 0.582. The molecular formula is C11H18O2. The lowest BCUT2D eigenvalue weighted by atomic mass is 9.80. The number of allylic oxidation sites excluding steroid dienone is 1. The molecule has 0 heterocycles. The normalized spacial score (nSPS) is 23.9. The van der Waals surface area contributed by atoms with Gasteiger partial charge in [-0.1, -0.05) is 33.8 Å². The number of methoxy groups -OCH3 is 1. The van der Waals surface area contributed by atoms with Crippen molar-refractivity contribution in [3.05, 3.63) is 11.6 Å². The van der Waals surface area contributed by atoms with Crippen LogP contribution in [0.25, 0.3) is 0 Å². The van der Waals surface area contributed by atoms with Crippen molar-refractivity contribution in [2.45, 2.75) is 34.1 Å². The molecule has 0 aromatic rings. The fourth-order valence-electron chi connectivity index (χ4n) is 2.32. The Bertz CT molecular complexity index is 259. The highest BCUT2D eigenvalue weighted by Gasteiger charge is 2.41. The number of carbonyl (C=O) groups is 1. The number of hydrogen-bond acceptors (Lipinski definition) is 2. The molecule has 0 aromatic carbocycles. The van der Waals surface area contributed by atoms with Crippen molar-refractivity contribution in [2.24, 2.45) is 10.8 Å². The molecule has 0 aromatic heterocycles. The van der Waals surface area contributed by atoms with Crippen LogP contribution in [-0.2, 0) is 9.53 Å². The van der Waals surface area contributed by atoms with Crippen molar-refractivity contribution in [1.29, 1.82) is 0 Å². The Morgan fingerprint density at radius 1 is 1.38 bits per heavy atom. The van der Waals surface area contributed by atoms with E-state index >= 15 is 0 Å². The van der Waals surface area contributed by atoms with Crippen molar-refractivity contribution < 1.29 is 9.53 Å². The Labute approximate surface area is 80.0 Å². The number of hydrogen-bond donors (Lipinski definition) is 0. The minimum atomic E-state index is -0.185. The van der Waals surface area contributed by atoms with Gasteiger partial charge in [0.05, 0.1) is 7.11 Å². The standard InChI is InChI=1S/C11H18O2/c1-10(2)6-8(9(12)13-5)11(3,4)7-10/h6H,7H2,1-5H3. The number of carbonyl (C=O) groups excluding carboxylic acids is 1. The van der Waals surface area contributed by atoms with Crippen LogP contribution in [0.4, 0.5) is 0 Å². The molecule has 13 heavy (non-hydrogen) atoms. The van der Waals surface area contributed by atoms with E-state index in [-0.39, 0.29) is 16.8 Å². The highest BCUT2D eigenvalue weighted by Crippen LogP contribution is 2.47. The smallest absolute Gasteiger partial charge is 0.333 e. The second-order valence-electron chi connectivity index (χ2n) is 5.10. The zero-order chi connectivity index (χ0) is 10.3. The van der Waals surface area contributed by atoms with Crippen LogP contribution in [0.2, 0.25) is 0 Å². The molecule has 0 fully saturated rings. The monoisotopic (exact) mass is 182 g/mol. The van der Waals surface area contributed by atoms with E-state index in [1.165, 1.54) is 7.11 Å². The molecule has 0 amide bonds. The minimum absolute atomic E-state index is 0.0450. The first-order valence-corrected chi connectivity index (χ1v) is 4.60. The molecule has 0 unspecified atom stereocenters. The van der Waals surface area contributed by atoms with Crippen LogP contribution in [0.5, 0.6) is 0 Å². The maximum Gasteiger partial charge on any atom is 0.333 e. The van der Waals surface area contributed by atoms with E-state index in [1.807, 2.05) is 6.08 Å². The predicted octanol–water partition coefficient (Wildman–Crippen LogP) is 2.54. The first-order valence-electron chi connectivity index (χ1n) is 4.60. The van der Waals surface area contributed by atoms with Crippen LogP contribution in [0, 0.1) is 10.8 Å². The maximum absolute atomic E-state index is 11.4. The summed E-state index contributed by atoms with van der Waals surface area (Å²) >= 11 is 0. The fraction of sp³-hybridized carbons (Fsp3) is 0.727. The topological polar surface area (TPSA) is 26.3 Å². The lowest BCUT2D eigenvalue weighted by molar-refractivity contribution is -0.137. The lowest BCUT2D eigenvalue weighted by Crippen LogP contribution is -2.19. The molecule has 2 heteroatoms. The Morgan fingerprint density at radius 2 is 1.92 bits per heavy atom. The Balaban J connectivity index is 3.00. The van der Waals surface area contributed by atoms with Crippen LogP contribution in [0.3, 0.4) is 0 Å². The second-order valence-corrected chi connectivity index (χ2v) is 5.10. The Morgan fingerprint density at radius 3 is 2.23 bits per heavy atom.